The average Bonchev–Trinajstić information content (AvgIpc) is 3.06. The summed E-state index contributed by atoms with van der Waals surface area (Å²) in [5, 5.41) is 4.16. The minimum Gasteiger partial charge on any atom is -0.327 e. The Labute approximate surface area is 127 Å². The van der Waals surface area contributed by atoms with Gasteiger partial charge in [0.05, 0.1) is 5.69 Å². The number of imidazole rings is 1. The minimum atomic E-state index is -0.329. The van der Waals surface area contributed by atoms with Crippen molar-refractivity contribution in [1.29, 1.82) is 0 Å². The molecule has 0 radical (unpaired) electrons. The zero-order valence-corrected chi connectivity index (χ0v) is 12.7. The van der Waals surface area contributed by atoms with Gasteiger partial charge in [0.2, 0.25) is 0 Å². The van der Waals surface area contributed by atoms with Crippen LogP contribution in [0.5, 0.6) is 0 Å². The maximum Gasteiger partial charge on any atom is 0.272 e. The molecule has 0 aliphatic carbocycles. The lowest BCUT2D eigenvalue weighted by Gasteiger charge is -1.91. The monoisotopic (exact) mass is 324 g/mol. The summed E-state index contributed by atoms with van der Waals surface area (Å²) in [7, 11) is 1.84. The highest BCUT2D eigenvalue weighted by Gasteiger charge is 2.08. The summed E-state index contributed by atoms with van der Waals surface area (Å²) < 4.78 is 3.63. The Morgan fingerprint density at radius 1 is 1.40 bits per heavy atom. The molecular formula is C12H9ClN4OS2. The lowest BCUT2D eigenvalue weighted by molar-refractivity contribution is -0.113. The Kier molecular flexibility index (Phi) is 3.56. The number of nitrogens with zero attached hydrogens (tertiary/aromatic N) is 4. The third-order valence-corrected chi connectivity index (χ3v) is 4.49. The van der Waals surface area contributed by atoms with Crippen LogP contribution in [0.1, 0.15) is 5.69 Å². The summed E-state index contributed by atoms with van der Waals surface area (Å²) in [5.74, 6) is -0.329. The first-order chi connectivity index (χ1) is 9.65. The van der Waals surface area contributed by atoms with E-state index >= 15 is 0 Å². The van der Waals surface area contributed by atoms with Gasteiger partial charge in [-0.05, 0) is 6.08 Å². The van der Waals surface area contributed by atoms with Gasteiger partial charge in [-0.25, -0.2) is 4.98 Å². The Balaban J connectivity index is 1.91. The SMILES string of the molecule is Cn1ccsc1=NC(=O)C=Cc1c(Cl)nc2sccn12. The molecule has 0 fully saturated rings. The molecule has 3 aromatic rings. The van der Waals surface area contributed by atoms with Crippen molar-refractivity contribution in [2.24, 2.45) is 12.0 Å². The molecule has 0 spiro atoms. The summed E-state index contributed by atoms with van der Waals surface area (Å²) >= 11 is 8.93. The number of rotatable bonds is 2. The molecule has 0 aliphatic rings. The summed E-state index contributed by atoms with van der Waals surface area (Å²) in [6.45, 7) is 0. The van der Waals surface area contributed by atoms with Gasteiger partial charge in [-0.3, -0.25) is 9.20 Å². The van der Waals surface area contributed by atoms with Gasteiger partial charge in [0.25, 0.3) is 5.91 Å². The van der Waals surface area contributed by atoms with E-state index in [1.54, 1.807) is 10.6 Å². The first-order valence-electron chi connectivity index (χ1n) is 5.63. The topological polar surface area (TPSA) is 51.7 Å². The number of fused-ring (bicyclic) bond motifs is 1. The quantitative estimate of drug-likeness (QED) is 0.680. The van der Waals surface area contributed by atoms with Crippen LogP contribution in [0, 0.1) is 0 Å². The van der Waals surface area contributed by atoms with Crippen LogP contribution in [0.15, 0.2) is 34.2 Å². The number of thiazole rings is 2. The number of hydrogen-bond acceptors (Lipinski definition) is 4. The summed E-state index contributed by atoms with van der Waals surface area (Å²) in [6, 6.07) is 0. The Morgan fingerprint density at radius 2 is 2.20 bits per heavy atom. The van der Waals surface area contributed by atoms with E-state index in [9.17, 15) is 4.79 Å². The fourth-order valence-electron chi connectivity index (χ4n) is 1.64. The summed E-state index contributed by atoms with van der Waals surface area (Å²) in [6.07, 6.45) is 6.74. The van der Waals surface area contributed by atoms with Crippen LogP contribution in [-0.2, 0) is 11.8 Å². The second kappa shape index (κ2) is 5.35. The molecule has 8 heteroatoms. The molecule has 0 aliphatic heterocycles. The van der Waals surface area contributed by atoms with Crippen molar-refractivity contribution in [3.8, 4) is 0 Å². The van der Waals surface area contributed by atoms with E-state index in [0.717, 1.165) is 4.96 Å². The molecule has 0 saturated carbocycles. The molecule has 0 N–H and O–H groups in total. The van der Waals surface area contributed by atoms with Gasteiger partial charge in [0, 0.05) is 36.3 Å². The number of carbonyl (C=O) groups is 1. The second-order valence-electron chi connectivity index (χ2n) is 3.92. The smallest absolute Gasteiger partial charge is 0.272 e. The predicted molar refractivity (Wildman–Crippen MR) is 81.0 cm³/mol. The largest absolute Gasteiger partial charge is 0.327 e. The lowest BCUT2D eigenvalue weighted by atomic mass is 10.4. The van der Waals surface area contributed by atoms with Crippen molar-refractivity contribution >= 4 is 51.2 Å². The zero-order chi connectivity index (χ0) is 14.1. The van der Waals surface area contributed by atoms with Crippen LogP contribution < -0.4 is 4.80 Å². The Hall–Kier alpha value is -1.70. The van der Waals surface area contributed by atoms with Gasteiger partial charge in [-0.2, -0.15) is 4.99 Å². The van der Waals surface area contributed by atoms with Gasteiger partial charge >= 0.3 is 0 Å². The van der Waals surface area contributed by atoms with Gasteiger partial charge < -0.3 is 4.57 Å². The number of halogens is 1. The predicted octanol–water partition coefficient (Wildman–Crippen LogP) is 2.59. The molecule has 5 nitrogen and oxygen atoms in total. The van der Waals surface area contributed by atoms with Crippen molar-refractivity contribution in [2.45, 2.75) is 0 Å². The second-order valence-corrected chi connectivity index (χ2v) is 6.03. The highest BCUT2D eigenvalue weighted by Crippen LogP contribution is 2.22. The van der Waals surface area contributed by atoms with Crippen LogP contribution in [0.4, 0.5) is 0 Å². The third kappa shape index (κ3) is 2.47. The van der Waals surface area contributed by atoms with E-state index in [0.29, 0.717) is 15.6 Å². The first-order valence-corrected chi connectivity index (χ1v) is 7.77. The maximum absolute atomic E-state index is 11.8. The summed E-state index contributed by atoms with van der Waals surface area (Å²) in [5.41, 5.74) is 0.682. The molecule has 3 rings (SSSR count). The molecule has 0 saturated heterocycles. The maximum atomic E-state index is 11.8. The number of aryl methyl sites for hydroxylation is 1. The Bertz CT molecular complexity index is 867. The molecule has 0 bridgehead atoms. The normalized spacial score (nSPS) is 12.8. The highest BCUT2D eigenvalue weighted by molar-refractivity contribution is 7.15. The van der Waals surface area contributed by atoms with Crippen LogP contribution in [0.3, 0.4) is 0 Å². The van der Waals surface area contributed by atoms with Gasteiger partial charge in [0.1, 0.15) is 0 Å². The fourth-order valence-corrected chi connectivity index (χ4v) is 3.38. The molecule has 0 atom stereocenters. The number of carbonyl (C=O) groups excluding carboxylic acids is 1. The van der Waals surface area contributed by atoms with E-state index in [1.807, 2.05) is 34.6 Å². The van der Waals surface area contributed by atoms with Crippen LogP contribution >= 0.6 is 34.3 Å². The van der Waals surface area contributed by atoms with Crippen LogP contribution in [-0.4, -0.2) is 19.9 Å². The lowest BCUT2D eigenvalue weighted by Crippen LogP contribution is -2.11. The first kappa shape index (κ1) is 13.3. The van der Waals surface area contributed by atoms with Crippen LogP contribution in [0.25, 0.3) is 11.0 Å². The molecular weight excluding hydrogens is 316 g/mol. The van der Waals surface area contributed by atoms with Gasteiger partial charge in [-0.1, -0.05) is 11.6 Å². The number of hydrogen-bond donors (Lipinski definition) is 0. The molecule has 3 aromatic heterocycles. The van der Waals surface area contributed by atoms with E-state index in [1.165, 1.54) is 28.7 Å². The molecule has 20 heavy (non-hydrogen) atoms. The third-order valence-electron chi connectivity index (χ3n) is 2.60. The summed E-state index contributed by atoms with van der Waals surface area (Å²) in [4.78, 5) is 21.5. The fraction of sp³-hybridized carbons (Fsp3) is 0.0833. The zero-order valence-electron chi connectivity index (χ0n) is 10.4. The van der Waals surface area contributed by atoms with Crippen molar-refractivity contribution < 1.29 is 4.79 Å². The highest BCUT2D eigenvalue weighted by atomic mass is 35.5. The minimum absolute atomic E-state index is 0.329. The standard InChI is InChI=1S/C12H9ClN4OS2/c1-16-4-6-19-11(16)14-9(18)3-2-8-10(13)15-12-17(8)5-7-20-12/h2-7H,1H3. The molecule has 0 unspecified atom stereocenters. The molecule has 0 aromatic carbocycles. The van der Waals surface area contributed by atoms with Gasteiger partial charge in [0.15, 0.2) is 14.9 Å². The van der Waals surface area contributed by atoms with Crippen LogP contribution in [0.2, 0.25) is 5.15 Å². The van der Waals surface area contributed by atoms with E-state index in [-0.39, 0.29) is 5.91 Å². The van der Waals surface area contributed by atoms with Gasteiger partial charge in [-0.15, -0.1) is 22.7 Å². The molecule has 102 valence electrons. The molecule has 1 amide bonds. The van der Waals surface area contributed by atoms with Crippen molar-refractivity contribution in [3.63, 3.8) is 0 Å². The Morgan fingerprint density at radius 3 is 2.95 bits per heavy atom. The van der Waals surface area contributed by atoms with Crippen molar-refractivity contribution in [1.82, 2.24) is 14.0 Å². The van der Waals surface area contributed by atoms with Crippen molar-refractivity contribution in [3.05, 3.63) is 44.9 Å². The van der Waals surface area contributed by atoms with Crippen molar-refractivity contribution in [2.75, 3.05) is 0 Å². The van der Waals surface area contributed by atoms with E-state index < -0.39 is 0 Å². The molecule has 3 heterocycles. The average molecular weight is 325 g/mol. The van der Waals surface area contributed by atoms with E-state index in [4.69, 9.17) is 11.6 Å². The number of amides is 1. The van der Waals surface area contributed by atoms with E-state index in [2.05, 4.69) is 9.98 Å². The number of aromatic nitrogens is 3.